The summed E-state index contributed by atoms with van der Waals surface area (Å²) in [7, 11) is 4.57. The van der Waals surface area contributed by atoms with Crippen molar-refractivity contribution in [1.82, 2.24) is 0 Å². The summed E-state index contributed by atoms with van der Waals surface area (Å²) >= 11 is 0. The highest BCUT2D eigenvalue weighted by Gasteiger charge is 2.21. The zero-order valence-corrected chi connectivity index (χ0v) is 16.3. The lowest BCUT2D eigenvalue weighted by Gasteiger charge is -2.16. The molecule has 148 valence electrons. The van der Waals surface area contributed by atoms with E-state index in [1.54, 1.807) is 17.0 Å². The third-order valence-electron chi connectivity index (χ3n) is 4.63. The van der Waals surface area contributed by atoms with Crippen LogP contribution in [0.15, 0.2) is 36.4 Å². The van der Waals surface area contributed by atoms with E-state index in [1.807, 2.05) is 24.3 Å². The Hall–Kier alpha value is -3.22. The lowest BCUT2D eigenvalue weighted by atomic mass is 10.1. The predicted molar refractivity (Wildman–Crippen MR) is 106 cm³/mol. The Labute approximate surface area is 164 Å². The fourth-order valence-electron chi connectivity index (χ4n) is 3.26. The number of amides is 2. The normalized spacial score (nSPS) is 13.4. The van der Waals surface area contributed by atoms with E-state index in [2.05, 4.69) is 5.32 Å². The molecule has 0 unspecified atom stereocenters. The van der Waals surface area contributed by atoms with E-state index in [-0.39, 0.29) is 18.2 Å². The largest absolute Gasteiger partial charge is 0.493 e. The second kappa shape index (κ2) is 8.65. The van der Waals surface area contributed by atoms with Crippen LogP contribution in [0.25, 0.3) is 0 Å². The van der Waals surface area contributed by atoms with Crippen molar-refractivity contribution >= 4 is 23.2 Å². The summed E-state index contributed by atoms with van der Waals surface area (Å²) in [5.41, 5.74) is 2.29. The van der Waals surface area contributed by atoms with Crippen LogP contribution in [0.2, 0.25) is 0 Å². The maximum Gasteiger partial charge on any atom is 0.228 e. The van der Waals surface area contributed by atoms with Crippen LogP contribution in [-0.2, 0) is 16.0 Å². The molecule has 0 saturated carbocycles. The summed E-state index contributed by atoms with van der Waals surface area (Å²) < 4.78 is 15.9. The Morgan fingerprint density at radius 2 is 1.68 bits per heavy atom. The Balaban J connectivity index is 1.68. The van der Waals surface area contributed by atoms with Crippen molar-refractivity contribution < 1.29 is 23.8 Å². The van der Waals surface area contributed by atoms with Gasteiger partial charge >= 0.3 is 0 Å². The second-order valence-electron chi connectivity index (χ2n) is 6.45. The van der Waals surface area contributed by atoms with Gasteiger partial charge in [0.25, 0.3) is 0 Å². The van der Waals surface area contributed by atoms with E-state index in [0.717, 1.165) is 24.2 Å². The highest BCUT2D eigenvalue weighted by Crippen LogP contribution is 2.39. The molecule has 0 aliphatic carbocycles. The zero-order valence-electron chi connectivity index (χ0n) is 16.3. The zero-order chi connectivity index (χ0) is 20.1. The molecule has 0 bridgehead atoms. The van der Waals surface area contributed by atoms with Gasteiger partial charge in [-0.25, -0.2) is 0 Å². The summed E-state index contributed by atoms with van der Waals surface area (Å²) in [5, 5.41) is 2.85. The number of hydrogen-bond donors (Lipinski definition) is 1. The molecule has 28 heavy (non-hydrogen) atoms. The van der Waals surface area contributed by atoms with Crippen molar-refractivity contribution in [2.45, 2.75) is 19.3 Å². The minimum absolute atomic E-state index is 0.146. The van der Waals surface area contributed by atoms with Gasteiger partial charge in [-0.15, -0.1) is 0 Å². The van der Waals surface area contributed by atoms with E-state index in [9.17, 15) is 9.59 Å². The number of rotatable bonds is 7. The monoisotopic (exact) mass is 384 g/mol. The minimum atomic E-state index is -0.167. The first kappa shape index (κ1) is 19.5. The summed E-state index contributed by atoms with van der Waals surface area (Å²) in [6.45, 7) is 0.750. The topological polar surface area (TPSA) is 77.1 Å². The molecule has 3 rings (SSSR count). The quantitative estimate of drug-likeness (QED) is 0.794. The van der Waals surface area contributed by atoms with E-state index >= 15 is 0 Å². The van der Waals surface area contributed by atoms with Gasteiger partial charge < -0.3 is 24.4 Å². The summed E-state index contributed by atoms with van der Waals surface area (Å²) in [4.78, 5) is 26.0. The Morgan fingerprint density at radius 3 is 2.18 bits per heavy atom. The second-order valence-corrected chi connectivity index (χ2v) is 6.45. The summed E-state index contributed by atoms with van der Waals surface area (Å²) in [5.74, 6) is 1.38. The van der Waals surface area contributed by atoms with Crippen LogP contribution in [0.1, 0.15) is 18.4 Å². The van der Waals surface area contributed by atoms with Crippen LogP contribution >= 0.6 is 0 Å². The number of carbonyl (C=O) groups excluding carboxylic acids is 2. The Morgan fingerprint density at radius 1 is 1.04 bits per heavy atom. The molecular formula is C21H24N2O5. The van der Waals surface area contributed by atoms with Crippen molar-refractivity contribution in [1.29, 1.82) is 0 Å². The molecule has 2 amide bonds. The van der Waals surface area contributed by atoms with Gasteiger partial charge in [0.05, 0.1) is 27.8 Å². The van der Waals surface area contributed by atoms with E-state index in [0.29, 0.717) is 29.4 Å². The SMILES string of the molecule is COc1cc(NC(=O)Cc2ccc(N3CCCC3=O)cc2)cc(OC)c1OC. The van der Waals surface area contributed by atoms with Gasteiger partial charge in [-0.1, -0.05) is 12.1 Å². The van der Waals surface area contributed by atoms with Crippen molar-refractivity contribution in [3.05, 3.63) is 42.0 Å². The van der Waals surface area contributed by atoms with Gasteiger partial charge in [0.15, 0.2) is 11.5 Å². The van der Waals surface area contributed by atoms with E-state index < -0.39 is 0 Å². The summed E-state index contributed by atoms with van der Waals surface area (Å²) in [6.07, 6.45) is 1.70. The van der Waals surface area contributed by atoms with Crippen molar-refractivity contribution in [2.75, 3.05) is 38.1 Å². The number of nitrogens with zero attached hydrogens (tertiary/aromatic N) is 1. The van der Waals surface area contributed by atoms with Crippen molar-refractivity contribution in [3.8, 4) is 17.2 Å². The number of benzene rings is 2. The summed E-state index contributed by atoms with van der Waals surface area (Å²) in [6, 6.07) is 10.9. The molecule has 0 atom stereocenters. The van der Waals surface area contributed by atoms with Crippen LogP contribution in [0.4, 0.5) is 11.4 Å². The molecule has 2 aromatic carbocycles. The number of hydrogen-bond acceptors (Lipinski definition) is 5. The molecule has 2 aromatic rings. The molecule has 1 saturated heterocycles. The van der Waals surface area contributed by atoms with Crippen molar-refractivity contribution in [3.63, 3.8) is 0 Å². The Bertz CT molecular complexity index is 839. The van der Waals surface area contributed by atoms with Crippen LogP contribution in [0.5, 0.6) is 17.2 Å². The molecule has 0 spiro atoms. The first-order valence-electron chi connectivity index (χ1n) is 9.05. The van der Waals surface area contributed by atoms with Crippen LogP contribution in [0, 0.1) is 0 Å². The lowest BCUT2D eigenvalue weighted by molar-refractivity contribution is -0.117. The molecule has 7 nitrogen and oxygen atoms in total. The first-order chi connectivity index (χ1) is 13.5. The predicted octanol–water partition coefficient (Wildman–Crippen LogP) is 3.02. The van der Waals surface area contributed by atoms with Crippen LogP contribution in [-0.4, -0.2) is 39.7 Å². The molecular weight excluding hydrogens is 360 g/mol. The van der Waals surface area contributed by atoms with Gasteiger partial charge in [-0.3, -0.25) is 9.59 Å². The smallest absolute Gasteiger partial charge is 0.228 e. The molecule has 1 aliphatic rings. The van der Waals surface area contributed by atoms with Gasteiger partial charge in [0, 0.05) is 36.5 Å². The van der Waals surface area contributed by atoms with Crippen LogP contribution < -0.4 is 24.4 Å². The highest BCUT2D eigenvalue weighted by atomic mass is 16.5. The van der Waals surface area contributed by atoms with Gasteiger partial charge in [-0.05, 0) is 24.1 Å². The molecule has 0 aromatic heterocycles. The molecule has 0 radical (unpaired) electrons. The standard InChI is InChI=1S/C21H24N2O5/c1-26-17-12-15(13-18(27-2)21(17)28-3)22-19(24)11-14-6-8-16(9-7-14)23-10-4-5-20(23)25/h6-9,12-13H,4-5,10-11H2,1-3H3,(H,22,24). The number of carbonyl (C=O) groups is 2. The van der Waals surface area contributed by atoms with Gasteiger partial charge in [0.1, 0.15) is 0 Å². The van der Waals surface area contributed by atoms with Gasteiger partial charge in [0.2, 0.25) is 17.6 Å². The lowest BCUT2D eigenvalue weighted by Crippen LogP contribution is -2.23. The van der Waals surface area contributed by atoms with Gasteiger partial charge in [-0.2, -0.15) is 0 Å². The highest BCUT2D eigenvalue weighted by molar-refractivity contribution is 5.95. The Kier molecular flexibility index (Phi) is 6.03. The maximum atomic E-state index is 12.4. The molecule has 7 heteroatoms. The first-order valence-corrected chi connectivity index (χ1v) is 9.05. The molecule has 1 N–H and O–H groups in total. The molecule has 1 aliphatic heterocycles. The average molecular weight is 384 g/mol. The van der Waals surface area contributed by atoms with E-state index in [4.69, 9.17) is 14.2 Å². The molecule has 1 heterocycles. The average Bonchev–Trinajstić information content (AvgIpc) is 3.13. The van der Waals surface area contributed by atoms with Crippen molar-refractivity contribution in [2.24, 2.45) is 0 Å². The maximum absolute atomic E-state index is 12.4. The third kappa shape index (κ3) is 4.19. The third-order valence-corrected chi connectivity index (χ3v) is 4.63. The number of methoxy groups -OCH3 is 3. The number of ether oxygens (including phenoxy) is 3. The van der Waals surface area contributed by atoms with Crippen LogP contribution in [0.3, 0.4) is 0 Å². The number of anilines is 2. The minimum Gasteiger partial charge on any atom is -0.493 e. The number of nitrogens with one attached hydrogen (secondary N) is 1. The molecule has 1 fully saturated rings. The fraction of sp³-hybridized carbons (Fsp3) is 0.333. The fourth-order valence-corrected chi connectivity index (χ4v) is 3.26. The van der Waals surface area contributed by atoms with E-state index in [1.165, 1.54) is 21.3 Å².